The van der Waals surface area contributed by atoms with Crippen molar-refractivity contribution in [3.05, 3.63) is 36.2 Å². The second-order valence-corrected chi connectivity index (χ2v) is 3.18. The molecule has 0 radical (unpaired) electrons. The maximum absolute atomic E-state index is 4.34. The summed E-state index contributed by atoms with van der Waals surface area (Å²) in [6, 6.07) is 5.72. The van der Waals surface area contributed by atoms with Crippen LogP contribution in [0.5, 0.6) is 0 Å². The van der Waals surface area contributed by atoms with Gasteiger partial charge >= 0.3 is 0 Å². The van der Waals surface area contributed by atoms with Crippen molar-refractivity contribution >= 4 is 5.82 Å². The summed E-state index contributed by atoms with van der Waals surface area (Å²) < 4.78 is 0. The van der Waals surface area contributed by atoms with E-state index in [2.05, 4.69) is 20.3 Å². The molecule has 0 saturated carbocycles. The minimum atomic E-state index is 0.653. The maximum atomic E-state index is 4.34. The number of nitrogens with one attached hydrogen (secondary N) is 1. The molecule has 76 valence electrons. The molecule has 0 bridgehead atoms. The van der Waals surface area contributed by atoms with Gasteiger partial charge in [0.25, 0.3) is 0 Å². The summed E-state index contributed by atoms with van der Waals surface area (Å²) in [4.78, 5) is 12.8. The third-order valence-electron chi connectivity index (χ3n) is 2.13. The molecule has 0 saturated heterocycles. The number of rotatable bonds is 2. The quantitative estimate of drug-likeness (QED) is 0.804. The molecule has 0 unspecified atom stereocenters. The van der Waals surface area contributed by atoms with E-state index in [1.54, 1.807) is 12.4 Å². The smallest absolute Gasteiger partial charge is 0.180 e. The molecule has 0 atom stereocenters. The van der Waals surface area contributed by atoms with Gasteiger partial charge in [-0.3, -0.25) is 4.98 Å². The summed E-state index contributed by atoms with van der Waals surface area (Å²) >= 11 is 0. The number of nitrogens with zero attached hydrogens (tertiary/aromatic N) is 3. The Morgan fingerprint density at radius 2 is 2.00 bits per heavy atom. The lowest BCUT2D eigenvalue weighted by molar-refractivity contribution is 1.12. The van der Waals surface area contributed by atoms with Gasteiger partial charge < -0.3 is 5.32 Å². The van der Waals surface area contributed by atoms with E-state index in [-0.39, 0.29) is 0 Å². The van der Waals surface area contributed by atoms with Crippen molar-refractivity contribution < 1.29 is 0 Å². The number of hydrogen-bond donors (Lipinski definition) is 1. The van der Waals surface area contributed by atoms with Crippen LogP contribution in [0.1, 0.15) is 5.56 Å². The Balaban J connectivity index is 2.49. The Kier molecular flexibility index (Phi) is 2.58. The molecule has 4 heteroatoms. The van der Waals surface area contributed by atoms with Gasteiger partial charge in [-0.25, -0.2) is 9.97 Å². The zero-order valence-corrected chi connectivity index (χ0v) is 8.73. The van der Waals surface area contributed by atoms with Crippen molar-refractivity contribution in [1.29, 1.82) is 0 Å². The number of hydrogen-bond acceptors (Lipinski definition) is 4. The van der Waals surface area contributed by atoms with E-state index < -0.39 is 0 Å². The Labute approximate surface area is 88.4 Å². The fourth-order valence-electron chi connectivity index (χ4n) is 1.33. The first-order valence-electron chi connectivity index (χ1n) is 4.74. The zero-order chi connectivity index (χ0) is 10.7. The number of aromatic nitrogens is 3. The van der Waals surface area contributed by atoms with Crippen molar-refractivity contribution in [3.8, 4) is 11.5 Å². The lowest BCUT2D eigenvalue weighted by atomic mass is 10.2. The molecular formula is C11H12N4. The highest BCUT2D eigenvalue weighted by Crippen LogP contribution is 2.16. The minimum Gasteiger partial charge on any atom is -0.373 e. The largest absolute Gasteiger partial charge is 0.373 e. The van der Waals surface area contributed by atoms with Gasteiger partial charge in [-0.2, -0.15) is 0 Å². The van der Waals surface area contributed by atoms with Gasteiger partial charge in [0.1, 0.15) is 11.5 Å². The first-order chi connectivity index (χ1) is 7.31. The van der Waals surface area contributed by atoms with Crippen LogP contribution in [0, 0.1) is 6.92 Å². The summed E-state index contributed by atoms with van der Waals surface area (Å²) in [5.41, 5.74) is 1.90. The molecule has 0 aromatic carbocycles. The van der Waals surface area contributed by atoms with Crippen LogP contribution in [-0.2, 0) is 0 Å². The van der Waals surface area contributed by atoms with Crippen molar-refractivity contribution in [2.24, 2.45) is 0 Å². The van der Waals surface area contributed by atoms with Gasteiger partial charge in [-0.1, -0.05) is 6.07 Å². The van der Waals surface area contributed by atoms with Gasteiger partial charge in [0, 0.05) is 19.4 Å². The molecule has 0 aliphatic carbocycles. The van der Waals surface area contributed by atoms with Crippen LogP contribution in [0.3, 0.4) is 0 Å². The molecule has 2 aromatic rings. The molecule has 0 fully saturated rings. The number of aryl methyl sites for hydroxylation is 1. The Morgan fingerprint density at radius 3 is 2.73 bits per heavy atom. The molecule has 1 N–H and O–H groups in total. The third kappa shape index (κ3) is 1.93. The molecule has 2 heterocycles. The average Bonchev–Trinajstić information content (AvgIpc) is 2.30. The molecule has 0 aliphatic rings. The lowest BCUT2D eigenvalue weighted by Gasteiger charge is -2.04. The van der Waals surface area contributed by atoms with Crippen molar-refractivity contribution in [1.82, 2.24) is 15.0 Å². The van der Waals surface area contributed by atoms with Crippen LogP contribution in [0.15, 0.2) is 30.6 Å². The van der Waals surface area contributed by atoms with E-state index >= 15 is 0 Å². The number of anilines is 1. The fourth-order valence-corrected chi connectivity index (χ4v) is 1.33. The Bertz CT molecular complexity index is 468. The first-order valence-corrected chi connectivity index (χ1v) is 4.74. The van der Waals surface area contributed by atoms with Crippen LogP contribution in [0.2, 0.25) is 0 Å². The van der Waals surface area contributed by atoms with Gasteiger partial charge in [0.05, 0.1) is 0 Å². The monoisotopic (exact) mass is 200 g/mol. The van der Waals surface area contributed by atoms with Crippen LogP contribution >= 0.6 is 0 Å². The van der Waals surface area contributed by atoms with Crippen LogP contribution in [-0.4, -0.2) is 22.0 Å². The second-order valence-electron chi connectivity index (χ2n) is 3.18. The van der Waals surface area contributed by atoms with Gasteiger partial charge in [0.2, 0.25) is 0 Å². The Hall–Kier alpha value is -1.97. The van der Waals surface area contributed by atoms with E-state index in [4.69, 9.17) is 0 Å². The first kappa shape index (κ1) is 9.58. The SMILES string of the molecule is CNc1ccnc(-c2ncccc2C)n1. The van der Waals surface area contributed by atoms with E-state index in [9.17, 15) is 0 Å². The van der Waals surface area contributed by atoms with E-state index in [1.165, 1.54) is 0 Å². The molecule has 2 rings (SSSR count). The average molecular weight is 200 g/mol. The van der Waals surface area contributed by atoms with Gasteiger partial charge in [-0.05, 0) is 24.6 Å². The number of pyridine rings is 1. The standard InChI is InChI=1S/C11H12N4/c1-8-4-3-6-13-10(8)11-14-7-5-9(12-2)15-11/h3-7H,1-2H3,(H,12,14,15). The molecule has 0 aliphatic heterocycles. The van der Waals surface area contributed by atoms with Crippen molar-refractivity contribution in [3.63, 3.8) is 0 Å². The van der Waals surface area contributed by atoms with Gasteiger partial charge in [0.15, 0.2) is 5.82 Å². The molecule has 0 spiro atoms. The van der Waals surface area contributed by atoms with Crippen molar-refractivity contribution in [2.45, 2.75) is 6.92 Å². The molecule has 4 nitrogen and oxygen atoms in total. The summed E-state index contributed by atoms with van der Waals surface area (Å²) in [7, 11) is 1.83. The molecular weight excluding hydrogens is 188 g/mol. The predicted molar refractivity (Wildman–Crippen MR) is 59.5 cm³/mol. The lowest BCUT2D eigenvalue weighted by Crippen LogP contribution is -1.98. The van der Waals surface area contributed by atoms with Crippen LogP contribution < -0.4 is 5.32 Å². The minimum absolute atomic E-state index is 0.653. The van der Waals surface area contributed by atoms with Crippen LogP contribution in [0.4, 0.5) is 5.82 Å². The zero-order valence-electron chi connectivity index (χ0n) is 8.73. The predicted octanol–water partition coefficient (Wildman–Crippen LogP) is 1.89. The highest BCUT2D eigenvalue weighted by Gasteiger charge is 2.05. The topological polar surface area (TPSA) is 50.7 Å². The maximum Gasteiger partial charge on any atom is 0.180 e. The Morgan fingerprint density at radius 1 is 1.13 bits per heavy atom. The van der Waals surface area contributed by atoms with E-state index in [0.717, 1.165) is 17.1 Å². The normalized spacial score (nSPS) is 10.0. The summed E-state index contributed by atoms with van der Waals surface area (Å²) in [6.45, 7) is 2.00. The second kappa shape index (κ2) is 4.04. The fraction of sp³-hybridized carbons (Fsp3) is 0.182. The summed E-state index contributed by atoms with van der Waals surface area (Å²) in [5.74, 6) is 1.45. The molecule has 15 heavy (non-hydrogen) atoms. The van der Waals surface area contributed by atoms with E-state index in [0.29, 0.717) is 5.82 Å². The van der Waals surface area contributed by atoms with E-state index in [1.807, 2.05) is 32.2 Å². The summed E-state index contributed by atoms with van der Waals surface area (Å²) in [5, 5.41) is 2.98. The van der Waals surface area contributed by atoms with Crippen molar-refractivity contribution in [2.75, 3.05) is 12.4 Å². The van der Waals surface area contributed by atoms with Crippen LogP contribution in [0.25, 0.3) is 11.5 Å². The highest BCUT2D eigenvalue weighted by molar-refractivity contribution is 5.55. The molecule has 0 amide bonds. The molecule has 2 aromatic heterocycles. The van der Waals surface area contributed by atoms with Gasteiger partial charge in [-0.15, -0.1) is 0 Å². The summed E-state index contributed by atoms with van der Waals surface area (Å²) in [6.07, 6.45) is 3.47. The highest BCUT2D eigenvalue weighted by atomic mass is 15.0. The third-order valence-corrected chi connectivity index (χ3v) is 2.13.